The van der Waals surface area contributed by atoms with Crippen LogP contribution in [0.5, 0.6) is 0 Å². The molecule has 0 aliphatic rings. The van der Waals surface area contributed by atoms with Gasteiger partial charge in [-0.25, -0.2) is 13.1 Å². The Morgan fingerprint density at radius 3 is 2.17 bits per heavy atom. The van der Waals surface area contributed by atoms with Crippen LogP contribution in [0, 0.1) is 5.92 Å². The first-order chi connectivity index (χ1) is 5.37. The molecule has 0 aromatic rings. The fraction of sp³-hybridized carbons (Fsp3) is 1.00. The van der Waals surface area contributed by atoms with Gasteiger partial charge < -0.3 is 0 Å². The number of rotatable bonds is 5. The SMILES string of the molecule is CC(C)C(CCBr)NS(C)(=O)=O. The van der Waals surface area contributed by atoms with Crippen molar-refractivity contribution in [2.75, 3.05) is 11.6 Å². The molecule has 0 radical (unpaired) electrons. The molecule has 0 saturated heterocycles. The van der Waals surface area contributed by atoms with E-state index in [1.165, 1.54) is 6.26 Å². The predicted octanol–water partition coefficient (Wildman–Crippen LogP) is 1.35. The molecule has 0 fully saturated rings. The number of alkyl halides is 1. The van der Waals surface area contributed by atoms with Crippen LogP contribution in [0.25, 0.3) is 0 Å². The Bertz CT molecular complexity index is 213. The van der Waals surface area contributed by atoms with Crippen molar-refractivity contribution in [2.45, 2.75) is 26.3 Å². The molecule has 0 heterocycles. The van der Waals surface area contributed by atoms with Crippen LogP contribution in [-0.2, 0) is 10.0 Å². The third-order valence-corrected chi connectivity index (χ3v) is 2.78. The van der Waals surface area contributed by atoms with Gasteiger partial charge in [0.25, 0.3) is 0 Å². The summed E-state index contributed by atoms with van der Waals surface area (Å²) < 4.78 is 24.4. The van der Waals surface area contributed by atoms with Crippen molar-refractivity contribution in [2.24, 2.45) is 5.92 Å². The van der Waals surface area contributed by atoms with Crippen LogP contribution < -0.4 is 4.72 Å². The van der Waals surface area contributed by atoms with E-state index in [9.17, 15) is 8.42 Å². The van der Waals surface area contributed by atoms with E-state index in [1.54, 1.807) is 0 Å². The molecular weight excluding hydrogens is 242 g/mol. The second kappa shape index (κ2) is 5.19. The van der Waals surface area contributed by atoms with Gasteiger partial charge >= 0.3 is 0 Å². The van der Waals surface area contributed by atoms with E-state index in [2.05, 4.69) is 20.7 Å². The highest BCUT2D eigenvalue weighted by molar-refractivity contribution is 9.09. The zero-order valence-corrected chi connectivity index (χ0v) is 10.1. The standard InChI is InChI=1S/C7H16BrNO2S/c1-6(2)7(4-5-8)9-12(3,10)11/h6-7,9H,4-5H2,1-3H3. The molecule has 1 atom stereocenters. The second-order valence-corrected chi connectivity index (χ2v) is 5.79. The largest absolute Gasteiger partial charge is 0.213 e. The number of halogens is 1. The Morgan fingerprint density at radius 2 is 1.92 bits per heavy atom. The van der Waals surface area contributed by atoms with Crippen molar-refractivity contribution in [3.63, 3.8) is 0 Å². The van der Waals surface area contributed by atoms with Crippen LogP contribution in [0.2, 0.25) is 0 Å². The van der Waals surface area contributed by atoms with Crippen LogP contribution in [0.3, 0.4) is 0 Å². The third kappa shape index (κ3) is 5.97. The Morgan fingerprint density at radius 1 is 1.42 bits per heavy atom. The molecule has 0 aliphatic heterocycles. The maximum Gasteiger partial charge on any atom is 0.208 e. The number of hydrogen-bond donors (Lipinski definition) is 1. The maximum absolute atomic E-state index is 10.9. The van der Waals surface area contributed by atoms with Gasteiger partial charge in [0.15, 0.2) is 0 Å². The summed E-state index contributed by atoms with van der Waals surface area (Å²) in [7, 11) is -3.06. The molecule has 0 bridgehead atoms. The molecule has 0 spiro atoms. The molecule has 1 unspecified atom stereocenters. The van der Waals surface area contributed by atoms with Gasteiger partial charge in [0.05, 0.1) is 6.26 Å². The summed E-state index contributed by atoms with van der Waals surface area (Å²) in [4.78, 5) is 0. The summed E-state index contributed by atoms with van der Waals surface area (Å²) >= 11 is 3.29. The normalized spacial score (nSPS) is 15.1. The van der Waals surface area contributed by atoms with Crippen molar-refractivity contribution in [3.05, 3.63) is 0 Å². The number of sulfonamides is 1. The van der Waals surface area contributed by atoms with E-state index in [4.69, 9.17) is 0 Å². The van der Waals surface area contributed by atoms with Crippen molar-refractivity contribution >= 4 is 26.0 Å². The molecule has 5 heteroatoms. The quantitative estimate of drug-likeness (QED) is 0.756. The van der Waals surface area contributed by atoms with E-state index < -0.39 is 10.0 Å². The average Bonchev–Trinajstić information content (AvgIpc) is 1.83. The van der Waals surface area contributed by atoms with Crippen LogP contribution in [-0.4, -0.2) is 26.0 Å². The van der Waals surface area contributed by atoms with Crippen LogP contribution in [0.1, 0.15) is 20.3 Å². The Hall–Kier alpha value is 0.390. The topological polar surface area (TPSA) is 46.2 Å². The molecule has 0 saturated carbocycles. The maximum atomic E-state index is 10.9. The molecular formula is C7H16BrNO2S. The van der Waals surface area contributed by atoms with Gasteiger partial charge in [0.1, 0.15) is 0 Å². The van der Waals surface area contributed by atoms with Gasteiger partial charge in [-0.05, 0) is 12.3 Å². The molecule has 0 aliphatic carbocycles. The fourth-order valence-electron chi connectivity index (χ4n) is 0.921. The molecule has 0 aromatic heterocycles. The first-order valence-electron chi connectivity index (χ1n) is 3.90. The molecule has 0 aromatic carbocycles. The van der Waals surface area contributed by atoms with Crippen LogP contribution in [0.15, 0.2) is 0 Å². The summed E-state index contributed by atoms with van der Waals surface area (Å²) in [5.41, 5.74) is 0. The lowest BCUT2D eigenvalue weighted by atomic mass is 10.0. The Labute approximate surface area is 83.1 Å². The minimum Gasteiger partial charge on any atom is -0.213 e. The first kappa shape index (κ1) is 12.4. The molecule has 3 nitrogen and oxygen atoms in total. The van der Waals surface area contributed by atoms with E-state index >= 15 is 0 Å². The smallest absolute Gasteiger partial charge is 0.208 e. The minimum atomic E-state index is -3.06. The van der Waals surface area contributed by atoms with Crippen molar-refractivity contribution in [1.29, 1.82) is 0 Å². The average molecular weight is 258 g/mol. The number of hydrogen-bond acceptors (Lipinski definition) is 2. The van der Waals surface area contributed by atoms with E-state index in [-0.39, 0.29) is 6.04 Å². The predicted molar refractivity (Wildman–Crippen MR) is 55.0 cm³/mol. The second-order valence-electron chi connectivity index (χ2n) is 3.22. The van der Waals surface area contributed by atoms with Crippen LogP contribution >= 0.6 is 15.9 Å². The van der Waals surface area contributed by atoms with E-state index in [1.807, 2.05) is 13.8 Å². The van der Waals surface area contributed by atoms with Crippen molar-refractivity contribution in [3.8, 4) is 0 Å². The lowest BCUT2D eigenvalue weighted by Crippen LogP contribution is -2.38. The first-order valence-corrected chi connectivity index (χ1v) is 6.91. The summed E-state index contributed by atoms with van der Waals surface area (Å²) in [5, 5.41) is 0.818. The van der Waals surface area contributed by atoms with Gasteiger partial charge in [-0.3, -0.25) is 0 Å². The van der Waals surface area contributed by atoms with Gasteiger partial charge in [0, 0.05) is 11.4 Å². The van der Waals surface area contributed by atoms with E-state index in [0.29, 0.717) is 5.92 Å². The summed E-state index contributed by atoms with van der Waals surface area (Å²) in [5.74, 6) is 0.331. The lowest BCUT2D eigenvalue weighted by molar-refractivity contribution is 0.442. The van der Waals surface area contributed by atoms with Crippen molar-refractivity contribution < 1.29 is 8.42 Å². The summed E-state index contributed by atoms with van der Waals surface area (Å²) in [6.07, 6.45) is 2.02. The molecule has 1 N–H and O–H groups in total. The monoisotopic (exact) mass is 257 g/mol. The summed E-state index contributed by atoms with van der Waals surface area (Å²) in [6.45, 7) is 4.01. The van der Waals surface area contributed by atoms with Gasteiger partial charge in [0.2, 0.25) is 10.0 Å². The van der Waals surface area contributed by atoms with E-state index in [0.717, 1.165) is 11.8 Å². The van der Waals surface area contributed by atoms with Gasteiger partial charge in [-0.1, -0.05) is 29.8 Å². The molecule has 0 amide bonds. The molecule has 74 valence electrons. The zero-order chi connectivity index (χ0) is 9.78. The molecule has 0 rings (SSSR count). The Balaban J connectivity index is 4.14. The highest BCUT2D eigenvalue weighted by atomic mass is 79.9. The highest BCUT2D eigenvalue weighted by Gasteiger charge is 2.16. The zero-order valence-electron chi connectivity index (χ0n) is 7.67. The third-order valence-electron chi connectivity index (χ3n) is 1.59. The summed E-state index contributed by atoms with van der Waals surface area (Å²) in [6, 6.07) is 0.0411. The fourth-order valence-corrected chi connectivity index (χ4v) is 2.35. The van der Waals surface area contributed by atoms with Crippen molar-refractivity contribution in [1.82, 2.24) is 4.72 Å². The lowest BCUT2D eigenvalue weighted by Gasteiger charge is -2.19. The highest BCUT2D eigenvalue weighted by Crippen LogP contribution is 2.08. The minimum absolute atomic E-state index is 0.0411. The Kier molecular flexibility index (Phi) is 5.36. The molecule has 12 heavy (non-hydrogen) atoms. The van der Waals surface area contributed by atoms with Gasteiger partial charge in [-0.2, -0.15) is 0 Å². The van der Waals surface area contributed by atoms with Crippen LogP contribution in [0.4, 0.5) is 0 Å². The number of nitrogens with one attached hydrogen (secondary N) is 1. The van der Waals surface area contributed by atoms with Gasteiger partial charge in [-0.15, -0.1) is 0 Å².